The number of methoxy groups -OCH3 is 1. The molecule has 2 aliphatic rings. The molecule has 1 atom stereocenters. The molecule has 0 N–H and O–H groups in total. The Labute approximate surface area is 159 Å². The average Bonchev–Trinajstić information content (AvgIpc) is 3.06. The molecule has 0 radical (unpaired) electrons. The number of morpholine rings is 1. The molecule has 140 valence electrons. The van der Waals surface area contributed by atoms with Gasteiger partial charge in [0.15, 0.2) is 0 Å². The van der Waals surface area contributed by atoms with Crippen LogP contribution in [0, 0.1) is 6.92 Å². The molecule has 1 spiro atoms. The van der Waals surface area contributed by atoms with Crippen LogP contribution in [0.2, 0.25) is 0 Å². The van der Waals surface area contributed by atoms with Gasteiger partial charge in [-0.05, 0) is 44.0 Å². The number of benzene rings is 1. The number of rotatable bonds is 4. The Morgan fingerprint density at radius 2 is 2.08 bits per heavy atom. The third-order valence-electron chi connectivity index (χ3n) is 5.36. The number of hydrogen-bond donors (Lipinski definition) is 0. The van der Waals surface area contributed by atoms with E-state index in [-0.39, 0.29) is 5.60 Å². The maximum Gasteiger partial charge on any atom is 0.119 e. The minimum Gasteiger partial charge on any atom is -0.497 e. The van der Waals surface area contributed by atoms with Gasteiger partial charge < -0.3 is 14.4 Å². The highest BCUT2D eigenvalue weighted by Crippen LogP contribution is 2.32. The number of piperidine rings is 1. The summed E-state index contributed by atoms with van der Waals surface area (Å²) in [5, 5.41) is 3.33. The molecule has 0 amide bonds. The molecule has 1 aromatic heterocycles. The molecule has 26 heavy (non-hydrogen) atoms. The Bertz CT molecular complexity index is 729. The molecule has 3 heterocycles. The van der Waals surface area contributed by atoms with Crippen molar-refractivity contribution in [3.05, 3.63) is 40.3 Å². The van der Waals surface area contributed by atoms with Gasteiger partial charge in [-0.1, -0.05) is 0 Å². The number of thiazole rings is 1. The lowest BCUT2D eigenvalue weighted by atomic mass is 9.90. The van der Waals surface area contributed by atoms with Gasteiger partial charge in [-0.2, -0.15) is 0 Å². The molecule has 2 aromatic rings. The zero-order chi connectivity index (χ0) is 18.0. The summed E-state index contributed by atoms with van der Waals surface area (Å²) in [6.45, 7) is 7.81. The fraction of sp³-hybridized carbons (Fsp3) is 0.550. The highest BCUT2D eigenvalue weighted by atomic mass is 32.1. The average molecular weight is 374 g/mol. The van der Waals surface area contributed by atoms with Crippen LogP contribution < -0.4 is 9.64 Å². The maximum atomic E-state index is 6.35. The lowest BCUT2D eigenvalue weighted by Gasteiger charge is -2.48. The van der Waals surface area contributed by atoms with Gasteiger partial charge in [0.25, 0.3) is 0 Å². The van der Waals surface area contributed by atoms with Crippen molar-refractivity contribution in [2.75, 3.05) is 44.8 Å². The molecule has 2 fully saturated rings. The Morgan fingerprint density at radius 3 is 2.81 bits per heavy atom. The summed E-state index contributed by atoms with van der Waals surface area (Å²) in [6.07, 6.45) is 2.29. The molecular formula is C20H27N3O2S. The van der Waals surface area contributed by atoms with Crippen LogP contribution in [-0.4, -0.2) is 55.4 Å². The van der Waals surface area contributed by atoms with Crippen molar-refractivity contribution < 1.29 is 9.47 Å². The van der Waals surface area contributed by atoms with Crippen LogP contribution in [0.15, 0.2) is 29.6 Å². The van der Waals surface area contributed by atoms with E-state index >= 15 is 0 Å². The SMILES string of the molecule is COc1ccc(N2CCC[C@@]3(CN(Cc4csc(C)n4)CCO3)C2)cc1. The maximum absolute atomic E-state index is 6.35. The smallest absolute Gasteiger partial charge is 0.119 e. The predicted molar refractivity (Wildman–Crippen MR) is 105 cm³/mol. The van der Waals surface area contributed by atoms with Gasteiger partial charge in [0, 0.05) is 43.8 Å². The summed E-state index contributed by atoms with van der Waals surface area (Å²) >= 11 is 1.73. The minimum atomic E-state index is -0.0680. The van der Waals surface area contributed by atoms with Crippen LogP contribution in [0.25, 0.3) is 0 Å². The van der Waals surface area contributed by atoms with Gasteiger partial charge in [-0.3, -0.25) is 4.90 Å². The highest BCUT2D eigenvalue weighted by Gasteiger charge is 2.40. The second kappa shape index (κ2) is 7.55. The molecule has 0 aliphatic carbocycles. The van der Waals surface area contributed by atoms with Crippen molar-refractivity contribution in [1.29, 1.82) is 0 Å². The van der Waals surface area contributed by atoms with E-state index in [2.05, 4.69) is 39.2 Å². The number of aromatic nitrogens is 1. The topological polar surface area (TPSA) is 37.8 Å². The first-order chi connectivity index (χ1) is 12.7. The largest absolute Gasteiger partial charge is 0.497 e. The Morgan fingerprint density at radius 1 is 1.23 bits per heavy atom. The van der Waals surface area contributed by atoms with E-state index in [0.29, 0.717) is 0 Å². The van der Waals surface area contributed by atoms with E-state index < -0.39 is 0 Å². The number of hydrogen-bond acceptors (Lipinski definition) is 6. The third-order valence-corrected chi connectivity index (χ3v) is 6.18. The first kappa shape index (κ1) is 17.8. The van der Waals surface area contributed by atoms with Crippen LogP contribution in [0.4, 0.5) is 5.69 Å². The van der Waals surface area contributed by atoms with Crippen LogP contribution >= 0.6 is 11.3 Å². The minimum absolute atomic E-state index is 0.0680. The summed E-state index contributed by atoms with van der Waals surface area (Å²) in [5.41, 5.74) is 2.37. The first-order valence-electron chi connectivity index (χ1n) is 9.32. The summed E-state index contributed by atoms with van der Waals surface area (Å²) in [4.78, 5) is 9.60. The molecule has 2 saturated heterocycles. The monoisotopic (exact) mass is 373 g/mol. The number of aryl methyl sites for hydroxylation is 1. The number of anilines is 1. The lowest BCUT2D eigenvalue weighted by molar-refractivity contribution is -0.116. The van der Waals surface area contributed by atoms with E-state index in [1.807, 2.05) is 12.1 Å². The third kappa shape index (κ3) is 3.87. The number of nitrogens with zero attached hydrogens (tertiary/aromatic N) is 3. The van der Waals surface area contributed by atoms with Crippen molar-refractivity contribution in [3.63, 3.8) is 0 Å². The quantitative estimate of drug-likeness (QED) is 0.822. The lowest BCUT2D eigenvalue weighted by Crippen LogP contribution is -2.59. The Kier molecular flexibility index (Phi) is 5.16. The summed E-state index contributed by atoms with van der Waals surface area (Å²) in [5.74, 6) is 0.902. The zero-order valence-corrected chi connectivity index (χ0v) is 16.4. The molecule has 1 aromatic carbocycles. The molecule has 4 rings (SSSR count). The van der Waals surface area contributed by atoms with Crippen LogP contribution in [0.1, 0.15) is 23.5 Å². The molecule has 5 nitrogen and oxygen atoms in total. The van der Waals surface area contributed by atoms with E-state index in [9.17, 15) is 0 Å². The molecule has 0 unspecified atom stereocenters. The second-order valence-electron chi connectivity index (χ2n) is 7.32. The normalized spacial score (nSPS) is 24.2. The first-order valence-corrected chi connectivity index (χ1v) is 10.2. The second-order valence-corrected chi connectivity index (χ2v) is 8.39. The molecule has 0 bridgehead atoms. The predicted octanol–water partition coefficient (Wildman–Crippen LogP) is 3.33. The summed E-state index contributed by atoms with van der Waals surface area (Å²) in [7, 11) is 1.71. The van der Waals surface area contributed by atoms with E-state index in [1.165, 1.54) is 11.4 Å². The number of ether oxygens (including phenoxy) is 2. The van der Waals surface area contributed by atoms with Gasteiger partial charge >= 0.3 is 0 Å². The molecule has 0 saturated carbocycles. The van der Waals surface area contributed by atoms with E-state index in [4.69, 9.17) is 9.47 Å². The molecule has 2 aliphatic heterocycles. The van der Waals surface area contributed by atoms with Crippen molar-refractivity contribution in [2.45, 2.75) is 31.9 Å². The van der Waals surface area contributed by atoms with E-state index in [1.54, 1.807) is 18.4 Å². The summed E-state index contributed by atoms with van der Waals surface area (Å²) < 4.78 is 11.6. The highest BCUT2D eigenvalue weighted by molar-refractivity contribution is 7.09. The zero-order valence-electron chi connectivity index (χ0n) is 15.6. The van der Waals surface area contributed by atoms with Gasteiger partial charge in [0.1, 0.15) is 5.75 Å². The van der Waals surface area contributed by atoms with Crippen LogP contribution in [0.5, 0.6) is 5.75 Å². The van der Waals surface area contributed by atoms with Gasteiger partial charge in [-0.25, -0.2) is 4.98 Å². The standard InChI is InChI=1S/C20H27N3O2S/c1-16-21-17(13-26-16)12-22-10-11-25-20(14-22)8-3-9-23(15-20)18-4-6-19(24-2)7-5-18/h4-7,13H,3,8-12,14-15H2,1-2H3/t20-/m1/s1. The Hall–Kier alpha value is -1.63. The molecule has 6 heteroatoms. The van der Waals surface area contributed by atoms with Crippen molar-refractivity contribution in [3.8, 4) is 5.75 Å². The molecular weight excluding hydrogens is 346 g/mol. The van der Waals surface area contributed by atoms with Gasteiger partial charge in [0.05, 0.1) is 30.0 Å². The van der Waals surface area contributed by atoms with Crippen molar-refractivity contribution in [2.24, 2.45) is 0 Å². The van der Waals surface area contributed by atoms with E-state index in [0.717, 1.165) is 62.9 Å². The van der Waals surface area contributed by atoms with Crippen molar-refractivity contribution in [1.82, 2.24) is 9.88 Å². The van der Waals surface area contributed by atoms with Crippen LogP contribution in [0.3, 0.4) is 0 Å². The van der Waals surface area contributed by atoms with Gasteiger partial charge in [-0.15, -0.1) is 11.3 Å². The van der Waals surface area contributed by atoms with Gasteiger partial charge in [0.2, 0.25) is 0 Å². The fourth-order valence-electron chi connectivity index (χ4n) is 4.13. The van der Waals surface area contributed by atoms with Crippen LogP contribution in [-0.2, 0) is 11.3 Å². The van der Waals surface area contributed by atoms with Crippen molar-refractivity contribution >= 4 is 17.0 Å². The Balaban J connectivity index is 1.44. The fourth-order valence-corrected chi connectivity index (χ4v) is 4.73. The summed E-state index contributed by atoms with van der Waals surface area (Å²) in [6, 6.07) is 8.37.